The van der Waals surface area contributed by atoms with Crippen molar-refractivity contribution in [1.29, 1.82) is 0 Å². The zero-order valence-corrected chi connectivity index (χ0v) is 8.17. The van der Waals surface area contributed by atoms with Crippen molar-refractivity contribution in [1.82, 2.24) is 0 Å². The monoisotopic (exact) mass is 186 g/mol. The van der Waals surface area contributed by atoms with Crippen LogP contribution in [0.25, 0.3) is 0 Å². The van der Waals surface area contributed by atoms with Gasteiger partial charge in [-0.05, 0) is 6.42 Å². The molecule has 0 bridgehead atoms. The van der Waals surface area contributed by atoms with E-state index in [4.69, 9.17) is 17.1 Å². The van der Waals surface area contributed by atoms with E-state index in [0.717, 1.165) is 6.42 Å². The molecule has 65 valence electrons. The van der Waals surface area contributed by atoms with Gasteiger partial charge in [0.15, 0.2) is 6.10 Å². The van der Waals surface area contributed by atoms with Crippen LogP contribution in [0.5, 0.6) is 0 Å². The molecule has 3 nitrogen and oxygen atoms in total. The van der Waals surface area contributed by atoms with Crippen LogP contribution in [0, 0.1) is 6.00 Å². The lowest BCUT2D eigenvalue weighted by atomic mass is 9.95. The number of ether oxygens (including phenoxy) is 1. The second kappa shape index (κ2) is 2.39. The van der Waals surface area contributed by atoms with E-state index in [1.54, 1.807) is 6.66 Å². The van der Waals surface area contributed by atoms with Crippen LogP contribution < -0.4 is 0 Å². The molecule has 0 aromatic heterocycles. The molecule has 2 aliphatic heterocycles. The molecule has 1 N–H and O–H groups in total. The highest BCUT2D eigenvalue weighted by atomic mass is 31.2. The first kappa shape index (κ1) is 8.83. The molecule has 5 heteroatoms. The topological polar surface area (TPSA) is 42.0 Å². The van der Waals surface area contributed by atoms with E-state index in [9.17, 15) is 4.89 Å². The predicted octanol–water partition coefficient (Wildman–Crippen LogP) is 1.04. The molecule has 12 heavy (non-hydrogen) atoms. The van der Waals surface area contributed by atoms with Crippen LogP contribution in [-0.2, 0) is 9.26 Å². The third-order valence-corrected chi connectivity index (χ3v) is 5.06. The zero-order chi connectivity index (χ0) is 8.98. The Morgan fingerprint density at radius 2 is 2.42 bits per heavy atom. The van der Waals surface area contributed by atoms with Crippen molar-refractivity contribution in [2.45, 2.75) is 31.2 Å². The van der Waals surface area contributed by atoms with Crippen LogP contribution in [0.2, 0.25) is 0 Å². The van der Waals surface area contributed by atoms with Gasteiger partial charge in [-0.3, -0.25) is 0 Å². The standard InChI is InChI=1S/C7H12BO3P/c1-3-5-7(4-6(8)10-5)11-12(7,2)9/h5,9H,3-4H2,1-2H3/q+1/t5?,7-,12?/m1/s1. The minimum absolute atomic E-state index is 0.0409. The molecule has 2 saturated heterocycles. The van der Waals surface area contributed by atoms with E-state index in [1.165, 1.54) is 0 Å². The summed E-state index contributed by atoms with van der Waals surface area (Å²) in [6, 6.07) is 0.500. The molecule has 2 rings (SSSR count). The van der Waals surface area contributed by atoms with Crippen molar-refractivity contribution in [2.24, 2.45) is 0 Å². The van der Waals surface area contributed by atoms with E-state index in [2.05, 4.69) is 0 Å². The van der Waals surface area contributed by atoms with Gasteiger partial charge in [-0.1, -0.05) is 12.9 Å². The van der Waals surface area contributed by atoms with Crippen LogP contribution in [0.4, 0.5) is 0 Å². The Bertz CT molecular complexity index is 211. The van der Waals surface area contributed by atoms with Crippen LogP contribution in [0.15, 0.2) is 0 Å². The van der Waals surface area contributed by atoms with E-state index < -0.39 is 13.1 Å². The Labute approximate surface area is 74.3 Å². The van der Waals surface area contributed by atoms with E-state index in [1.807, 2.05) is 6.92 Å². The van der Waals surface area contributed by atoms with Crippen LogP contribution in [0.3, 0.4) is 0 Å². The van der Waals surface area contributed by atoms with Gasteiger partial charge in [0.1, 0.15) is 13.1 Å². The van der Waals surface area contributed by atoms with Crippen LogP contribution in [0.1, 0.15) is 19.8 Å². The molecule has 0 saturated carbocycles. The van der Waals surface area contributed by atoms with Gasteiger partial charge in [-0.15, -0.1) is 4.52 Å². The van der Waals surface area contributed by atoms with Crippen molar-refractivity contribution in [2.75, 3.05) is 6.66 Å². The van der Waals surface area contributed by atoms with E-state index in [0.29, 0.717) is 12.4 Å². The van der Waals surface area contributed by atoms with Crippen molar-refractivity contribution < 1.29 is 14.2 Å². The van der Waals surface area contributed by atoms with Gasteiger partial charge in [-0.2, -0.15) is 7.85 Å². The van der Waals surface area contributed by atoms with Crippen LogP contribution >= 0.6 is 7.72 Å². The third kappa shape index (κ3) is 0.957. The molecule has 2 unspecified atom stereocenters. The maximum atomic E-state index is 9.74. The lowest BCUT2D eigenvalue weighted by Gasteiger charge is -2.03. The van der Waals surface area contributed by atoms with Crippen molar-refractivity contribution in [3.8, 4) is 0 Å². The average molecular weight is 186 g/mol. The van der Waals surface area contributed by atoms with Gasteiger partial charge in [0.05, 0.1) is 0 Å². The Balaban J connectivity index is 2.17. The quantitative estimate of drug-likeness (QED) is 0.288. The molecule has 1 spiro atoms. The first-order valence-corrected chi connectivity index (χ1v) is 6.20. The summed E-state index contributed by atoms with van der Waals surface area (Å²) in [5.41, 5.74) is 0. The fraction of sp³-hybridized carbons (Fsp3) is 0.857. The largest absolute Gasteiger partial charge is 0.338 e. The highest BCUT2D eigenvalue weighted by Gasteiger charge is 2.87. The molecule has 0 aliphatic carbocycles. The van der Waals surface area contributed by atoms with Crippen molar-refractivity contribution in [3.63, 3.8) is 0 Å². The Hall–Kier alpha value is 0.245. The van der Waals surface area contributed by atoms with Gasteiger partial charge in [0.25, 0.3) is 0 Å². The summed E-state index contributed by atoms with van der Waals surface area (Å²) in [5.74, 6) is 0. The molecule has 0 aromatic rings. The fourth-order valence-electron chi connectivity index (χ4n) is 1.87. The second-order valence-electron chi connectivity index (χ2n) is 3.47. The molecule has 2 fully saturated rings. The second-order valence-corrected chi connectivity index (χ2v) is 6.17. The minimum atomic E-state index is -2.15. The summed E-state index contributed by atoms with van der Waals surface area (Å²) in [5, 5.41) is -0.439. The number of rotatable bonds is 1. The zero-order valence-electron chi connectivity index (χ0n) is 7.28. The third-order valence-electron chi connectivity index (χ3n) is 2.60. The minimum Gasteiger partial charge on any atom is -0.249 e. The smallest absolute Gasteiger partial charge is 0.249 e. The average Bonchev–Trinajstić information content (AvgIpc) is 2.37. The first-order chi connectivity index (χ1) is 5.52. The highest BCUT2D eigenvalue weighted by molar-refractivity contribution is 7.72. The number of hydrogen-bond donors (Lipinski definition) is 1. The maximum absolute atomic E-state index is 9.74. The Kier molecular flexibility index (Phi) is 1.75. The van der Waals surface area contributed by atoms with Gasteiger partial charge in [0.2, 0.25) is 0 Å². The highest BCUT2D eigenvalue weighted by Crippen LogP contribution is 2.87. The molecule has 3 radical (unpaired) electrons. The van der Waals surface area contributed by atoms with Gasteiger partial charge in [-0.25, -0.2) is 9.63 Å². The maximum Gasteiger partial charge on any atom is 0.338 e. The fourth-order valence-corrected chi connectivity index (χ4v) is 4.20. The predicted molar refractivity (Wildman–Crippen MR) is 47.7 cm³/mol. The first-order valence-electron chi connectivity index (χ1n) is 4.10. The summed E-state index contributed by atoms with van der Waals surface area (Å²) in [7, 11) is 3.41. The Morgan fingerprint density at radius 3 is 2.75 bits per heavy atom. The van der Waals surface area contributed by atoms with Gasteiger partial charge in [0, 0.05) is 0 Å². The molecule has 0 aromatic carbocycles. The van der Waals surface area contributed by atoms with Crippen molar-refractivity contribution in [3.05, 3.63) is 6.00 Å². The van der Waals surface area contributed by atoms with Gasteiger partial charge < -0.3 is 0 Å². The summed E-state index contributed by atoms with van der Waals surface area (Å²) >= 11 is 0. The number of hydrogen-bond acceptors (Lipinski definition) is 3. The Morgan fingerprint density at radius 1 is 1.83 bits per heavy atom. The molecular weight excluding hydrogens is 174 g/mol. The summed E-state index contributed by atoms with van der Waals surface area (Å²) in [6.07, 6.45) is 1.35. The summed E-state index contributed by atoms with van der Waals surface area (Å²) in [4.78, 5) is 9.74. The molecule has 3 atom stereocenters. The lowest BCUT2D eigenvalue weighted by Crippen LogP contribution is -2.23. The van der Waals surface area contributed by atoms with Gasteiger partial charge >= 0.3 is 13.1 Å². The molecular formula is C7H12BO3P+. The van der Waals surface area contributed by atoms with Crippen LogP contribution in [-0.4, -0.2) is 30.9 Å². The molecule has 2 heterocycles. The van der Waals surface area contributed by atoms with E-state index in [-0.39, 0.29) is 6.10 Å². The lowest BCUT2D eigenvalue weighted by molar-refractivity contribution is 0.0916. The normalized spacial score (nSPS) is 52.0. The molecule has 2 aliphatic rings. The summed E-state index contributed by atoms with van der Waals surface area (Å²) < 4.78 is 10.7. The summed E-state index contributed by atoms with van der Waals surface area (Å²) in [6.45, 7) is 3.77. The SMILES string of the molecule is [B-][C+]1C[C@]2(O[P+]2(C)O)C(CC)O1. The molecule has 0 amide bonds. The van der Waals surface area contributed by atoms with Crippen molar-refractivity contribution >= 4 is 15.6 Å². The van der Waals surface area contributed by atoms with E-state index >= 15 is 0 Å².